The summed E-state index contributed by atoms with van der Waals surface area (Å²) in [6.07, 6.45) is 5.91. The molecule has 17 heavy (non-hydrogen) atoms. The normalized spacial score (nSPS) is 20.4. The molecule has 2 rings (SSSR count). The summed E-state index contributed by atoms with van der Waals surface area (Å²) in [5.41, 5.74) is 2.34. The smallest absolute Gasteiger partial charge is 0.123 e. The lowest BCUT2D eigenvalue weighted by Gasteiger charge is -2.27. The minimum absolute atomic E-state index is 0.407. The largest absolute Gasteiger partial charge is 0.507 e. The monoisotopic (exact) mass is 231 g/mol. The summed E-state index contributed by atoms with van der Waals surface area (Å²) >= 11 is 0. The van der Waals surface area contributed by atoms with Gasteiger partial charge in [0.25, 0.3) is 0 Å². The fourth-order valence-electron chi connectivity index (χ4n) is 2.62. The molecule has 1 atom stereocenters. The molecule has 0 aromatic heterocycles. The maximum atomic E-state index is 9.96. The van der Waals surface area contributed by atoms with E-state index in [1.807, 2.05) is 18.2 Å². The number of aromatic hydroxyl groups is 1. The van der Waals surface area contributed by atoms with Gasteiger partial charge in [0, 0.05) is 12.1 Å². The van der Waals surface area contributed by atoms with Crippen LogP contribution in [0.15, 0.2) is 30.3 Å². The van der Waals surface area contributed by atoms with Gasteiger partial charge < -0.3 is 10.0 Å². The molecule has 0 spiro atoms. The molecule has 1 aromatic rings. The molecular formula is C15H21NO. The van der Waals surface area contributed by atoms with E-state index in [1.165, 1.54) is 18.4 Å². The van der Waals surface area contributed by atoms with Crippen LogP contribution >= 0.6 is 0 Å². The Kier molecular flexibility index (Phi) is 3.85. The third-order valence-corrected chi connectivity index (χ3v) is 3.36. The Labute approximate surface area is 104 Å². The summed E-state index contributed by atoms with van der Waals surface area (Å²) in [6.45, 7) is 1.06. The Bertz CT molecular complexity index is 409. The summed E-state index contributed by atoms with van der Waals surface area (Å²) in [5, 5.41) is 9.96. The topological polar surface area (TPSA) is 23.5 Å². The van der Waals surface area contributed by atoms with Crippen LogP contribution in [0.2, 0.25) is 0 Å². The van der Waals surface area contributed by atoms with Gasteiger partial charge in [-0.25, -0.2) is 0 Å². The molecule has 0 aliphatic heterocycles. The maximum Gasteiger partial charge on any atom is 0.123 e. The first-order valence-electron chi connectivity index (χ1n) is 6.31. The zero-order valence-electron chi connectivity index (χ0n) is 10.7. The predicted molar refractivity (Wildman–Crippen MR) is 72.0 cm³/mol. The second-order valence-corrected chi connectivity index (χ2v) is 5.07. The highest BCUT2D eigenvalue weighted by Gasteiger charge is 2.21. The van der Waals surface area contributed by atoms with E-state index >= 15 is 0 Å². The fraction of sp³-hybridized carbons (Fsp3) is 0.467. The summed E-state index contributed by atoms with van der Waals surface area (Å²) < 4.78 is 0. The van der Waals surface area contributed by atoms with Crippen LogP contribution in [-0.4, -0.2) is 30.6 Å². The lowest BCUT2D eigenvalue weighted by molar-refractivity contribution is 0.346. The molecule has 0 fully saturated rings. The number of hydrogen-bond acceptors (Lipinski definition) is 2. The molecule has 1 aliphatic carbocycles. The molecule has 0 amide bonds. The van der Waals surface area contributed by atoms with Crippen LogP contribution in [0.3, 0.4) is 0 Å². The molecule has 2 heteroatoms. The Morgan fingerprint density at radius 2 is 2.06 bits per heavy atom. The highest BCUT2D eigenvalue weighted by atomic mass is 16.3. The number of para-hydroxylation sites is 1. The van der Waals surface area contributed by atoms with Crippen LogP contribution in [0.4, 0.5) is 0 Å². The first-order valence-corrected chi connectivity index (χ1v) is 6.31. The molecule has 1 unspecified atom stereocenters. The Morgan fingerprint density at radius 3 is 2.76 bits per heavy atom. The highest BCUT2D eigenvalue weighted by Crippen LogP contribution is 2.36. The van der Waals surface area contributed by atoms with Crippen molar-refractivity contribution < 1.29 is 5.11 Å². The molecule has 0 saturated heterocycles. The second-order valence-electron chi connectivity index (χ2n) is 5.07. The molecular weight excluding hydrogens is 210 g/mol. The van der Waals surface area contributed by atoms with Crippen molar-refractivity contribution in [1.29, 1.82) is 0 Å². The Hall–Kier alpha value is -1.28. The minimum atomic E-state index is 0.407. The molecule has 1 N–H and O–H groups in total. The average Bonchev–Trinajstić information content (AvgIpc) is 2.30. The van der Waals surface area contributed by atoms with Crippen molar-refractivity contribution in [3.63, 3.8) is 0 Å². The molecule has 2 nitrogen and oxygen atoms in total. The molecule has 1 aromatic carbocycles. The maximum absolute atomic E-state index is 9.96. The first-order chi connectivity index (χ1) is 8.18. The quantitative estimate of drug-likeness (QED) is 0.864. The van der Waals surface area contributed by atoms with Gasteiger partial charge in [-0.3, -0.25) is 0 Å². The molecule has 0 heterocycles. The van der Waals surface area contributed by atoms with Crippen molar-refractivity contribution in [3.05, 3.63) is 35.9 Å². The lowest BCUT2D eigenvalue weighted by Crippen LogP contribution is -2.24. The van der Waals surface area contributed by atoms with Gasteiger partial charge in [-0.1, -0.05) is 24.3 Å². The molecule has 0 bridgehead atoms. The van der Waals surface area contributed by atoms with Gasteiger partial charge in [0.15, 0.2) is 0 Å². The van der Waals surface area contributed by atoms with Gasteiger partial charge in [-0.15, -0.1) is 0 Å². The predicted octanol–water partition coefficient (Wildman–Crippen LogP) is 3.14. The Balaban J connectivity index is 2.28. The van der Waals surface area contributed by atoms with Gasteiger partial charge in [-0.2, -0.15) is 0 Å². The number of nitrogens with zero attached hydrogens (tertiary/aromatic N) is 1. The van der Waals surface area contributed by atoms with Gasteiger partial charge in [0.1, 0.15) is 5.75 Å². The molecule has 92 valence electrons. The SMILES string of the molecule is CN(C)CC1CCCC=C1c1ccccc1O. The molecule has 0 saturated carbocycles. The number of benzene rings is 1. The van der Waals surface area contributed by atoms with Crippen LogP contribution in [-0.2, 0) is 0 Å². The van der Waals surface area contributed by atoms with Crippen LogP contribution in [0, 0.1) is 5.92 Å². The van der Waals surface area contributed by atoms with E-state index in [9.17, 15) is 5.11 Å². The first kappa shape index (κ1) is 12.2. The van der Waals surface area contributed by atoms with E-state index in [-0.39, 0.29) is 0 Å². The van der Waals surface area contributed by atoms with Crippen LogP contribution < -0.4 is 0 Å². The summed E-state index contributed by atoms with van der Waals surface area (Å²) in [5.74, 6) is 0.955. The number of phenols is 1. The minimum Gasteiger partial charge on any atom is -0.507 e. The average molecular weight is 231 g/mol. The zero-order valence-corrected chi connectivity index (χ0v) is 10.7. The van der Waals surface area contributed by atoms with Crippen molar-refractivity contribution in [1.82, 2.24) is 4.90 Å². The number of hydrogen-bond donors (Lipinski definition) is 1. The van der Waals surface area contributed by atoms with E-state index in [2.05, 4.69) is 25.1 Å². The second kappa shape index (κ2) is 5.37. The van der Waals surface area contributed by atoms with E-state index in [0.29, 0.717) is 11.7 Å². The van der Waals surface area contributed by atoms with Gasteiger partial charge in [-0.05, 0) is 50.9 Å². The van der Waals surface area contributed by atoms with Crippen molar-refractivity contribution in [2.24, 2.45) is 5.92 Å². The third-order valence-electron chi connectivity index (χ3n) is 3.36. The van der Waals surface area contributed by atoms with Crippen LogP contribution in [0.25, 0.3) is 5.57 Å². The molecule has 1 aliphatic rings. The van der Waals surface area contributed by atoms with Crippen LogP contribution in [0.5, 0.6) is 5.75 Å². The molecule has 0 radical (unpaired) electrons. The summed E-state index contributed by atoms with van der Waals surface area (Å²) in [4.78, 5) is 2.23. The lowest BCUT2D eigenvalue weighted by atomic mass is 9.83. The van der Waals surface area contributed by atoms with Crippen molar-refractivity contribution in [3.8, 4) is 5.75 Å². The number of allylic oxidation sites excluding steroid dienone is 1. The van der Waals surface area contributed by atoms with E-state index in [0.717, 1.165) is 18.5 Å². The zero-order chi connectivity index (χ0) is 12.3. The van der Waals surface area contributed by atoms with Crippen molar-refractivity contribution in [2.75, 3.05) is 20.6 Å². The van der Waals surface area contributed by atoms with Gasteiger partial charge in [0.2, 0.25) is 0 Å². The third kappa shape index (κ3) is 2.89. The Morgan fingerprint density at radius 1 is 1.29 bits per heavy atom. The fourth-order valence-corrected chi connectivity index (χ4v) is 2.62. The van der Waals surface area contributed by atoms with E-state index in [4.69, 9.17) is 0 Å². The van der Waals surface area contributed by atoms with Gasteiger partial charge in [0.05, 0.1) is 0 Å². The summed E-state index contributed by atoms with van der Waals surface area (Å²) in [7, 11) is 4.22. The standard InChI is InChI=1S/C15H21NO/c1-16(2)11-12-7-3-4-8-13(12)14-9-5-6-10-15(14)17/h5-6,8-10,12,17H,3-4,7,11H2,1-2H3. The number of rotatable bonds is 3. The van der Waals surface area contributed by atoms with Crippen molar-refractivity contribution in [2.45, 2.75) is 19.3 Å². The van der Waals surface area contributed by atoms with E-state index < -0.39 is 0 Å². The highest BCUT2D eigenvalue weighted by molar-refractivity contribution is 5.72. The van der Waals surface area contributed by atoms with Crippen molar-refractivity contribution >= 4 is 5.57 Å². The summed E-state index contributed by atoms with van der Waals surface area (Å²) in [6, 6.07) is 7.67. The van der Waals surface area contributed by atoms with E-state index in [1.54, 1.807) is 6.07 Å². The number of phenolic OH excluding ortho intramolecular Hbond substituents is 1. The van der Waals surface area contributed by atoms with Crippen LogP contribution in [0.1, 0.15) is 24.8 Å². The van der Waals surface area contributed by atoms with Gasteiger partial charge >= 0.3 is 0 Å².